The molecule has 1 N–H and O–H groups in total. The highest BCUT2D eigenvalue weighted by molar-refractivity contribution is 6.00. The number of rotatable bonds is 7. The van der Waals surface area contributed by atoms with Gasteiger partial charge in [-0.1, -0.05) is 24.3 Å². The molecular weight excluding hydrogens is 460 g/mol. The van der Waals surface area contributed by atoms with Crippen molar-refractivity contribution in [3.63, 3.8) is 0 Å². The van der Waals surface area contributed by atoms with Gasteiger partial charge in [0.15, 0.2) is 0 Å². The van der Waals surface area contributed by atoms with Crippen LogP contribution in [0, 0.1) is 12.7 Å². The van der Waals surface area contributed by atoms with Crippen molar-refractivity contribution < 1.29 is 23.4 Å². The Morgan fingerprint density at radius 2 is 1.86 bits per heavy atom. The van der Waals surface area contributed by atoms with Gasteiger partial charge in [0.1, 0.15) is 29.2 Å². The summed E-state index contributed by atoms with van der Waals surface area (Å²) >= 11 is 0. The largest absolute Gasteiger partial charge is 0.508 e. The molecule has 0 amide bonds. The Morgan fingerprint density at radius 3 is 2.64 bits per heavy atom. The molecule has 1 saturated heterocycles. The topological polar surface area (TPSA) is 41.9 Å². The second kappa shape index (κ2) is 10.7. The Labute approximate surface area is 210 Å². The van der Waals surface area contributed by atoms with Gasteiger partial charge in [0.25, 0.3) is 0 Å². The molecule has 2 aliphatic rings. The maximum absolute atomic E-state index is 15.1. The molecule has 6 heteroatoms. The maximum atomic E-state index is 15.1. The number of hydrogen-bond donors (Lipinski definition) is 1. The zero-order valence-electron chi connectivity index (χ0n) is 20.5. The van der Waals surface area contributed by atoms with Gasteiger partial charge in [-0.25, -0.2) is 4.39 Å². The molecule has 2 aliphatic heterocycles. The average Bonchev–Trinajstić information content (AvgIpc) is 3.22. The molecule has 188 valence electrons. The Bertz CT molecular complexity index is 1260. The lowest BCUT2D eigenvalue weighted by atomic mass is 9.87. The van der Waals surface area contributed by atoms with Gasteiger partial charge < -0.3 is 14.6 Å². The Balaban J connectivity index is 1.49. The number of nitrogens with zero attached hydrogens (tertiary/aromatic N) is 1. The van der Waals surface area contributed by atoms with Crippen LogP contribution in [0.4, 0.5) is 8.78 Å². The van der Waals surface area contributed by atoms with Crippen LogP contribution < -0.4 is 9.47 Å². The summed E-state index contributed by atoms with van der Waals surface area (Å²) < 4.78 is 39.8. The van der Waals surface area contributed by atoms with E-state index in [0.29, 0.717) is 30.8 Å². The van der Waals surface area contributed by atoms with Gasteiger partial charge in [-0.2, -0.15) is 0 Å². The number of aryl methyl sites for hydroxylation is 1. The molecule has 3 aromatic rings. The molecule has 0 radical (unpaired) electrons. The fraction of sp³-hybridized carbons (Fsp3) is 0.333. The van der Waals surface area contributed by atoms with Crippen LogP contribution in [0.2, 0.25) is 0 Å². The van der Waals surface area contributed by atoms with Crippen molar-refractivity contribution in [1.29, 1.82) is 0 Å². The number of phenolic OH excluding ortho intramolecular Hbond substituents is 1. The number of benzene rings is 3. The summed E-state index contributed by atoms with van der Waals surface area (Å²) in [5.74, 6) is 1.21. The first kappa shape index (κ1) is 24.3. The lowest BCUT2D eigenvalue weighted by molar-refractivity contribution is 0.198. The summed E-state index contributed by atoms with van der Waals surface area (Å²) in [5.41, 5.74) is 4.91. The second-order valence-electron chi connectivity index (χ2n) is 9.51. The van der Waals surface area contributed by atoms with Gasteiger partial charge in [0.2, 0.25) is 0 Å². The number of likely N-dealkylation sites (tertiary alicyclic amines) is 1. The predicted molar refractivity (Wildman–Crippen MR) is 138 cm³/mol. The molecule has 4 nitrogen and oxygen atoms in total. The van der Waals surface area contributed by atoms with Gasteiger partial charge in [-0.15, -0.1) is 0 Å². The normalized spacial score (nSPS) is 18.0. The smallest absolute Gasteiger partial charge is 0.130 e. The van der Waals surface area contributed by atoms with Crippen molar-refractivity contribution >= 4 is 11.1 Å². The van der Waals surface area contributed by atoms with Crippen LogP contribution in [-0.2, 0) is 0 Å². The highest BCUT2D eigenvalue weighted by Crippen LogP contribution is 2.43. The van der Waals surface area contributed by atoms with Gasteiger partial charge >= 0.3 is 0 Å². The van der Waals surface area contributed by atoms with Crippen LogP contribution in [0.3, 0.4) is 0 Å². The third kappa shape index (κ3) is 5.24. The molecule has 0 unspecified atom stereocenters. The fourth-order valence-corrected chi connectivity index (χ4v) is 5.12. The zero-order valence-corrected chi connectivity index (χ0v) is 20.5. The van der Waals surface area contributed by atoms with E-state index in [1.165, 1.54) is 0 Å². The van der Waals surface area contributed by atoms with Crippen LogP contribution in [0.25, 0.3) is 11.1 Å². The van der Waals surface area contributed by atoms with E-state index in [1.807, 2.05) is 49.4 Å². The monoisotopic (exact) mass is 491 g/mol. The molecule has 1 atom stereocenters. The number of hydrogen-bond acceptors (Lipinski definition) is 4. The summed E-state index contributed by atoms with van der Waals surface area (Å²) in [6.45, 7) is 4.45. The average molecular weight is 492 g/mol. The van der Waals surface area contributed by atoms with E-state index in [-0.39, 0.29) is 24.3 Å². The molecule has 1 fully saturated rings. The molecule has 5 rings (SSSR count). The summed E-state index contributed by atoms with van der Waals surface area (Å²) in [4.78, 5) is 2.24. The minimum absolute atomic E-state index is 0.0851. The lowest BCUT2D eigenvalue weighted by Gasteiger charge is -2.18. The van der Waals surface area contributed by atoms with E-state index < -0.39 is 0 Å². The molecule has 0 aromatic heterocycles. The van der Waals surface area contributed by atoms with E-state index in [9.17, 15) is 9.50 Å². The van der Waals surface area contributed by atoms with Crippen molar-refractivity contribution in [3.8, 4) is 17.2 Å². The Kier molecular flexibility index (Phi) is 7.23. The molecule has 3 aromatic carbocycles. The zero-order chi connectivity index (χ0) is 25.1. The number of alkyl halides is 1. The molecular formula is C30H31F2NO3. The number of phenols is 1. The van der Waals surface area contributed by atoms with Gasteiger partial charge in [0.05, 0.1) is 13.3 Å². The van der Waals surface area contributed by atoms with Gasteiger partial charge in [-0.05, 0) is 72.4 Å². The lowest BCUT2D eigenvalue weighted by Crippen LogP contribution is -2.26. The minimum Gasteiger partial charge on any atom is -0.508 e. The van der Waals surface area contributed by atoms with E-state index in [2.05, 4.69) is 4.90 Å². The number of ether oxygens (including phenoxy) is 2. The van der Waals surface area contributed by atoms with Crippen LogP contribution in [0.15, 0.2) is 60.7 Å². The van der Waals surface area contributed by atoms with Crippen molar-refractivity contribution in [2.45, 2.75) is 32.3 Å². The Hall–Kier alpha value is -3.38. The molecule has 0 bridgehead atoms. The quantitative estimate of drug-likeness (QED) is 0.416. The minimum atomic E-state index is -0.290. The van der Waals surface area contributed by atoms with Gasteiger partial charge in [0, 0.05) is 43.2 Å². The van der Waals surface area contributed by atoms with Gasteiger partial charge in [-0.3, -0.25) is 9.29 Å². The highest BCUT2D eigenvalue weighted by Gasteiger charge is 2.25. The van der Waals surface area contributed by atoms with Crippen LogP contribution in [0.1, 0.15) is 41.5 Å². The van der Waals surface area contributed by atoms with Crippen LogP contribution >= 0.6 is 0 Å². The number of aromatic hydroxyl groups is 1. The molecule has 2 heterocycles. The summed E-state index contributed by atoms with van der Waals surface area (Å²) in [5, 5.41) is 10.0. The third-order valence-electron chi connectivity index (χ3n) is 6.88. The summed E-state index contributed by atoms with van der Waals surface area (Å²) in [6.07, 6.45) is 2.09. The second-order valence-corrected chi connectivity index (χ2v) is 9.51. The van der Waals surface area contributed by atoms with Crippen LogP contribution in [0.5, 0.6) is 17.2 Å². The first-order chi connectivity index (χ1) is 17.5. The SMILES string of the molecule is Cc1ccc(C2=C(c3ccc(O[C@H]4CCN(CCCF)C4)cc3)c3ccc(O)cc3OCC2)c(F)c1. The van der Waals surface area contributed by atoms with E-state index >= 15 is 4.39 Å². The van der Waals surface area contributed by atoms with E-state index in [0.717, 1.165) is 59.6 Å². The molecule has 36 heavy (non-hydrogen) atoms. The summed E-state index contributed by atoms with van der Waals surface area (Å²) in [7, 11) is 0. The van der Waals surface area contributed by atoms with Crippen molar-refractivity contribution in [2.24, 2.45) is 0 Å². The number of halogens is 2. The van der Waals surface area contributed by atoms with Crippen molar-refractivity contribution in [1.82, 2.24) is 4.90 Å². The van der Waals surface area contributed by atoms with E-state index in [4.69, 9.17) is 9.47 Å². The Morgan fingerprint density at radius 1 is 1.06 bits per heavy atom. The predicted octanol–water partition coefficient (Wildman–Crippen LogP) is 6.39. The first-order valence-corrected chi connectivity index (χ1v) is 12.5. The maximum Gasteiger partial charge on any atom is 0.130 e. The van der Waals surface area contributed by atoms with Crippen molar-refractivity contribution in [3.05, 3.63) is 88.7 Å². The number of fused-ring (bicyclic) bond motifs is 1. The standard InChI is InChI=1S/C30H31F2NO3/c1-20-3-9-25(28(32)17-20)26-12-16-35-29-18-22(34)6-10-27(29)30(26)21-4-7-23(8-5-21)36-24-11-15-33(19-24)14-2-13-31/h3-10,17-18,24,34H,2,11-16,19H2,1H3/t24-/m0/s1. The first-order valence-electron chi connectivity index (χ1n) is 12.5. The third-order valence-corrected chi connectivity index (χ3v) is 6.88. The fourth-order valence-electron chi connectivity index (χ4n) is 5.12. The van der Waals surface area contributed by atoms with E-state index in [1.54, 1.807) is 18.2 Å². The highest BCUT2D eigenvalue weighted by atomic mass is 19.1. The summed E-state index contributed by atoms with van der Waals surface area (Å²) in [6, 6.07) is 18.2. The van der Waals surface area contributed by atoms with Crippen LogP contribution in [-0.4, -0.2) is 49.0 Å². The molecule has 0 aliphatic carbocycles. The molecule has 0 spiro atoms. The van der Waals surface area contributed by atoms with Crippen molar-refractivity contribution in [2.75, 3.05) is 32.9 Å². The molecule has 0 saturated carbocycles.